The molecule has 5 nitrogen and oxygen atoms in total. The zero-order chi connectivity index (χ0) is 13.2. The standard InChI is InChI=1S/C13H17N3O2/c1-13(2,9-6-4-3-5-7-9)12-15-11(18-16-12)10(14)8-17/h3-7,10,17H,8,14H2,1-2H3. The van der Waals surface area contributed by atoms with Gasteiger partial charge in [0.25, 0.3) is 0 Å². The molecule has 0 bridgehead atoms. The van der Waals surface area contributed by atoms with Crippen molar-refractivity contribution in [2.24, 2.45) is 5.73 Å². The van der Waals surface area contributed by atoms with Crippen LogP contribution >= 0.6 is 0 Å². The average Bonchev–Trinajstić information content (AvgIpc) is 2.89. The van der Waals surface area contributed by atoms with E-state index in [1.807, 2.05) is 44.2 Å². The summed E-state index contributed by atoms with van der Waals surface area (Å²) in [6, 6.07) is 9.31. The van der Waals surface area contributed by atoms with Crippen LogP contribution in [0.5, 0.6) is 0 Å². The van der Waals surface area contributed by atoms with Crippen LogP contribution in [0.4, 0.5) is 0 Å². The van der Waals surface area contributed by atoms with Gasteiger partial charge in [0, 0.05) is 0 Å². The Morgan fingerprint density at radius 1 is 1.33 bits per heavy atom. The molecular weight excluding hydrogens is 230 g/mol. The van der Waals surface area contributed by atoms with E-state index in [4.69, 9.17) is 15.4 Å². The normalized spacial score (nSPS) is 13.6. The fraction of sp³-hybridized carbons (Fsp3) is 0.385. The summed E-state index contributed by atoms with van der Waals surface area (Å²) in [5.74, 6) is 0.823. The number of aliphatic hydroxyl groups excluding tert-OH is 1. The van der Waals surface area contributed by atoms with Gasteiger partial charge in [0.05, 0.1) is 12.0 Å². The fourth-order valence-electron chi connectivity index (χ4n) is 1.70. The highest BCUT2D eigenvalue weighted by Crippen LogP contribution is 2.29. The molecule has 96 valence electrons. The van der Waals surface area contributed by atoms with Crippen molar-refractivity contribution >= 4 is 0 Å². The number of hydrogen-bond donors (Lipinski definition) is 2. The minimum atomic E-state index is -0.627. The minimum absolute atomic E-state index is 0.215. The molecule has 0 saturated carbocycles. The first-order chi connectivity index (χ1) is 8.55. The summed E-state index contributed by atoms with van der Waals surface area (Å²) in [6.07, 6.45) is 0. The lowest BCUT2D eigenvalue weighted by atomic mass is 9.84. The Labute approximate surface area is 106 Å². The van der Waals surface area contributed by atoms with Crippen molar-refractivity contribution in [1.29, 1.82) is 0 Å². The molecule has 2 rings (SSSR count). The van der Waals surface area contributed by atoms with Crippen LogP contribution in [0.2, 0.25) is 0 Å². The Bertz CT molecular complexity index is 508. The SMILES string of the molecule is CC(C)(c1ccccc1)c1noc(C(N)CO)n1. The van der Waals surface area contributed by atoms with E-state index in [0.29, 0.717) is 5.82 Å². The van der Waals surface area contributed by atoms with Crippen molar-refractivity contribution in [2.75, 3.05) is 6.61 Å². The second-order valence-corrected chi connectivity index (χ2v) is 4.74. The van der Waals surface area contributed by atoms with E-state index in [1.54, 1.807) is 0 Å². The molecule has 18 heavy (non-hydrogen) atoms. The van der Waals surface area contributed by atoms with Crippen LogP contribution in [0.3, 0.4) is 0 Å². The molecule has 5 heteroatoms. The van der Waals surface area contributed by atoms with E-state index < -0.39 is 6.04 Å². The van der Waals surface area contributed by atoms with Crippen LogP contribution in [0.1, 0.15) is 37.2 Å². The van der Waals surface area contributed by atoms with Gasteiger partial charge in [-0.25, -0.2) is 0 Å². The van der Waals surface area contributed by atoms with E-state index >= 15 is 0 Å². The molecular formula is C13H17N3O2. The summed E-state index contributed by atoms with van der Waals surface area (Å²) in [7, 11) is 0. The molecule has 1 unspecified atom stereocenters. The maximum absolute atomic E-state index is 8.96. The van der Waals surface area contributed by atoms with Crippen LogP contribution in [0, 0.1) is 0 Å². The van der Waals surface area contributed by atoms with Crippen LogP contribution < -0.4 is 5.73 Å². The first-order valence-corrected chi connectivity index (χ1v) is 5.81. The second kappa shape index (κ2) is 4.88. The van der Waals surface area contributed by atoms with Crippen molar-refractivity contribution in [3.05, 3.63) is 47.6 Å². The second-order valence-electron chi connectivity index (χ2n) is 4.74. The summed E-state index contributed by atoms with van der Waals surface area (Å²) in [5.41, 5.74) is 6.37. The summed E-state index contributed by atoms with van der Waals surface area (Å²) in [6.45, 7) is 3.82. The van der Waals surface area contributed by atoms with Gasteiger partial charge in [-0.15, -0.1) is 0 Å². The minimum Gasteiger partial charge on any atom is -0.394 e. The van der Waals surface area contributed by atoms with Gasteiger partial charge in [-0.1, -0.05) is 35.5 Å². The van der Waals surface area contributed by atoms with Gasteiger partial charge in [-0.2, -0.15) is 4.98 Å². The predicted molar refractivity (Wildman–Crippen MR) is 66.9 cm³/mol. The van der Waals surface area contributed by atoms with E-state index in [0.717, 1.165) is 5.56 Å². The number of hydrogen-bond acceptors (Lipinski definition) is 5. The zero-order valence-electron chi connectivity index (χ0n) is 10.5. The van der Waals surface area contributed by atoms with Crippen LogP contribution in [0.15, 0.2) is 34.9 Å². The first kappa shape index (κ1) is 12.7. The molecule has 2 aromatic rings. The highest BCUT2D eigenvalue weighted by molar-refractivity contribution is 5.30. The fourth-order valence-corrected chi connectivity index (χ4v) is 1.70. The van der Waals surface area contributed by atoms with Crippen molar-refractivity contribution in [3.8, 4) is 0 Å². The van der Waals surface area contributed by atoms with Gasteiger partial charge in [0.2, 0.25) is 5.89 Å². The Balaban J connectivity index is 2.33. The molecule has 3 N–H and O–H groups in total. The maximum atomic E-state index is 8.96. The van der Waals surface area contributed by atoms with Crippen molar-refractivity contribution in [3.63, 3.8) is 0 Å². The summed E-state index contributed by atoms with van der Waals surface area (Å²) in [5, 5.41) is 12.9. The van der Waals surface area contributed by atoms with Crippen molar-refractivity contribution < 1.29 is 9.63 Å². The largest absolute Gasteiger partial charge is 0.394 e. The molecule has 1 aromatic carbocycles. The maximum Gasteiger partial charge on any atom is 0.245 e. The predicted octanol–water partition coefficient (Wildman–Crippen LogP) is 1.39. The highest BCUT2D eigenvalue weighted by Gasteiger charge is 2.29. The first-order valence-electron chi connectivity index (χ1n) is 5.81. The summed E-state index contributed by atoms with van der Waals surface area (Å²) < 4.78 is 5.08. The van der Waals surface area contributed by atoms with Gasteiger partial charge >= 0.3 is 0 Å². The number of rotatable bonds is 4. The lowest BCUT2D eigenvalue weighted by Crippen LogP contribution is -2.21. The molecule has 0 aliphatic rings. The Kier molecular flexibility index (Phi) is 3.45. The summed E-state index contributed by atoms with van der Waals surface area (Å²) >= 11 is 0. The van der Waals surface area contributed by atoms with Gasteiger partial charge in [0.1, 0.15) is 6.04 Å². The number of aliphatic hydroxyl groups is 1. The molecule has 1 heterocycles. The topological polar surface area (TPSA) is 85.2 Å². The molecule has 0 amide bonds. The number of nitrogens with two attached hydrogens (primary N) is 1. The van der Waals surface area contributed by atoms with Crippen molar-refractivity contribution in [2.45, 2.75) is 25.3 Å². The Morgan fingerprint density at radius 2 is 2.00 bits per heavy atom. The molecule has 0 saturated heterocycles. The smallest absolute Gasteiger partial charge is 0.245 e. The van der Waals surface area contributed by atoms with E-state index in [9.17, 15) is 0 Å². The Hall–Kier alpha value is -1.72. The van der Waals surface area contributed by atoms with Crippen LogP contribution in [-0.2, 0) is 5.41 Å². The number of nitrogens with zero attached hydrogens (tertiary/aromatic N) is 2. The quantitative estimate of drug-likeness (QED) is 0.852. The zero-order valence-corrected chi connectivity index (χ0v) is 10.5. The third-order valence-electron chi connectivity index (χ3n) is 3.01. The molecule has 0 aliphatic carbocycles. The van der Waals surface area contributed by atoms with E-state index in [1.165, 1.54) is 0 Å². The van der Waals surface area contributed by atoms with Gasteiger partial charge in [-0.3, -0.25) is 0 Å². The molecule has 0 fully saturated rings. The van der Waals surface area contributed by atoms with E-state index in [2.05, 4.69) is 10.1 Å². The molecule has 1 atom stereocenters. The van der Waals surface area contributed by atoms with Crippen LogP contribution in [-0.4, -0.2) is 21.9 Å². The number of benzene rings is 1. The average molecular weight is 247 g/mol. The third-order valence-corrected chi connectivity index (χ3v) is 3.01. The van der Waals surface area contributed by atoms with E-state index in [-0.39, 0.29) is 17.9 Å². The van der Waals surface area contributed by atoms with Gasteiger partial charge in [0.15, 0.2) is 5.82 Å². The molecule has 0 spiro atoms. The van der Waals surface area contributed by atoms with Gasteiger partial charge < -0.3 is 15.4 Å². The molecule has 0 radical (unpaired) electrons. The molecule has 0 aliphatic heterocycles. The lowest BCUT2D eigenvalue weighted by Gasteiger charge is -2.20. The third kappa shape index (κ3) is 2.27. The lowest BCUT2D eigenvalue weighted by molar-refractivity contribution is 0.236. The summed E-state index contributed by atoms with van der Waals surface area (Å²) in [4.78, 5) is 4.27. The van der Waals surface area contributed by atoms with Crippen molar-refractivity contribution in [1.82, 2.24) is 10.1 Å². The highest BCUT2D eigenvalue weighted by atomic mass is 16.5. The molecule has 1 aromatic heterocycles. The Morgan fingerprint density at radius 3 is 2.61 bits per heavy atom. The van der Waals surface area contributed by atoms with Gasteiger partial charge in [-0.05, 0) is 19.4 Å². The monoisotopic (exact) mass is 247 g/mol. The van der Waals surface area contributed by atoms with Crippen LogP contribution in [0.25, 0.3) is 0 Å². The number of aromatic nitrogens is 2.